The Balaban J connectivity index is 1.37. The lowest BCUT2D eigenvalue weighted by Gasteiger charge is -2.05. The van der Waals surface area contributed by atoms with E-state index in [1.54, 1.807) is 12.3 Å². The van der Waals surface area contributed by atoms with Gasteiger partial charge in [-0.05, 0) is 46.5 Å². The van der Waals surface area contributed by atoms with Crippen LogP contribution in [0, 0.1) is 11.3 Å². The number of pyridine rings is 1. The summed E-state index contributed by atoms with van der Waals surface area (Å²) >= 11 is 1.84. The number of rotatable bonds is 3. The average molecular weight is 439 g/mol. The SMILES string of the molecule is N#Cc1ccnc(-c2ccc(-c3ccc4c(c3)sc3cc(-c5ccccc5)ccc34)cc2)c1. The van der Waals surface area contributed by atoms with Crippen LogP contribution in [-0.4, -0.2) is 4.98 Å². The van der Waals surface area contributed by atoms with Crippen LogP contribution in [0.2, 0.25) is 0 Å². The largest absolute Gasteiger partial charge is 0.256 e. The molecule has 2 heterocycles. The molecule has 0 bridgehead atoms. The molecule has 6 rings (SSSR count). The van der Waals surface area contributed by atoms with Gasteiger partial charge in [-0.15, -0.1) is 11.3 Å². The molecule has 0 atom stereocenters. The predicted molar refractivity (Wildman–Crippen MR) is 138 cm³/mol. The molecule has 6 aromatic rings. The van der Waals surface area contributed by atoms with Gasteiger partial charge < -0.3 is 0 Å². The molecule has 0 amide bonds. The van der Waals surface area contributed by atoms with E-state index in [1.165, 1.54) is 42.4 Å². The fourth-order valence-corrected chi connectivity index (χ4v) is 5.44. The average Bonchev–Trinajstić information content (AvgIpc) is 3.26. The first-order chi connectivity index (χ1) is 16.3. The van der Waals surface area contributed by atoms with E-state index in [1.807, 2.05) is 17.4 Å². The number of hydrogen-bond acceptors (Lipinski definition) is 3. The molecule has 0 spiro atoms. The highest BCUT2D eigenvalue weighted by atomic mass is 32.1. The Bertz CT molecular complexity index is 1660. The summed E-state index contributed by atoms with van der Waals surface area (Å²) in [7, 11) is 0. The van der Waals surface area contributed by atoms with E-state index < -0.39 is 0 Å². The van der Waals surface area contributed by atoms with Crippen LogP contribution < -0.4 is 0 Å². The molecule has 2 nitrogen and oxygen atoms in total. The predicted octanol–water partition coefficient (Wildman–Crippen LogP) is 8.32. The van der Waals surface area contributed by atoms with Gasteiger partial charge in [-0.25, -0.2) is 0 Å². The molecule has 0 N–H and O–H groups in total. The molecule has 3 heteroatoms. The van der Waals surface area contributed by atoms with E-state index in [9.17, 15) is 0 Å². The van der Waals surface area contributed by atoms with Crippen molar-refractivity contribution in [2.45, 2.75) is 0 Å². The van der Waals surface area contributed by atoms with E-state index in [0.29, 0.717) is 5.56 Å². The first-order valence-corrected chi connectivity index (χ1v) is 11.6. The zero-order chi connectivity index (χ0) is 22.2. The number of thiophene rings is 1. The van der Waals surface area contributed by atoms with Crippen molar-refractivity contribution in [1.82, 2.24) is 4.98 Å². The zero-order valence-corrected chi connectivity index (χ0v) is 18.5. The minimum Gasteiger partial charge on any atom is -0.256 e. The summed E-state index contributed by atoms with van der Waals surface area (Å²) < 4.78 is 2.60. The summed E-state index contributed by atoms with van der Waals surface area (Å²) in [5.41, 5.74) is 7.30. The van der Waals surface area contributed by atoms with Gasteiger partial charge in [0.05, 0.1) is 17.3 Å². The van der Waals surface area contributed by atoms with E-state index in [-0.39, 0.29) is 0 Å². The third-order valence-electron chi connectivity index (χ3n) is 5.98. The molecule has 0 aliphatic rings. The quantitative estimate of drug-likeness (QED) is 0.278. The Hall–Kier alpha value is -4.26. The van der Waals surface area contributed by atoms with Gasteiger partial charge in [0.15, 0.2) is 0 Å². The minimum atomic E-state index is 0.620. The smallest absolute Gasteiger partial charge is 0.0992 e. The van der Waals surface area contributed by atoms with Crippen molar-refractivity contribution in [2.24, 2.45) is 0 Å². The summed E-state index contributed by atoms with van der Waals surface area (Å²) in [6, 6.07) is 38.1. The van der Waals surface area contributed by atoms with Gasteiger partial charge in [0.1, 0.15) is 0 Å². The molecule has 0 saturated heterocycles. The van der Waals surface area contributed by atoms with E-state index in [4.69, 9.17) is 5.26 Å². The third-order valence-corrected chi connectivity index (χ3v) is 7.10. The lowest BCUT2D eigenvalue weighted by atomic mass is 10.0. The molecule has 154 valence electrons. The van der Waals surface area contributed by atoms with Gasteiger partial charge in [0.2, 0.25) is 0 Å². The third kappa shape index (κ3) is 3.57. The Labute approximate surface area is 196 Å². The van der Waals surface area contributed by atoms with Crippen molar-refractivity contribution in [3.63, 3.8) is 0 Å². The molecule has 0 fully saturated rings. The van der Waals surface area contributed by atoms with Crippen LogP contribution in [0.3, 0.4) is 0 Å². The highest BCUT2D eigenvalue weighted by molar-refractivity contribution is 7.25. The van der Waals surface area contributed by atoms with Crippen molar-refractivity contribution < 1.29 is 0 Å². The molecule has 0 radical (unpaired) electrons. The topological polar surface area (TPSA) is 36.7 Å². The Morgan fingerprint density at radius 2 is 1.15 bits per heavy atom. The van der Waals surface area contributed by atoms with Crippen LogP contribution in [0.1, 0.15) is 5.56 Å². The Morgan fingerprint density at radius 3 is 1.79 bits per heavy atom. The maximum absolute atomic E-state index is 9.14. The summed E-state index contributed by atoms with van der Waals surface area (Å²) in [4.78, 5) is 4.40. The van der Waals surface area contributed by atoms with Gasteiger partial charge >= 0.3 is 0 Å². The van der Waals surface area contributed by atoms with Crippen molar-refractivity contribution in [1.29, 1.82) is 5.26 Å². The normalized spacial score (nSPS) is 11.0. The summed E-state index contributed by atoms with van der Waals surface area (Å²) in [6.45, 7) is 0. The molecule has 0 aliphatic carbocycles. The van der Waals surface area contributed by atoms with Crippen LogP contribution in [0.4, 0.5) is 0 Å². The fraction of sp³-hybridized carbons (Fsp3) is 0. The lowest BCUT2D eigenvalue weighted by Crippen LogP contribution is -1.85. The number of hydrogen-bond donors (Lipinski definition) is 0. The maximum Gasteiger partial charge on any atom is 0.0992 e. The molecular formula is C30H18N2S. The summed E-state index contributed by atoms with van der Waals surface area (Å²) in [5, 5.41) is 11.7. The Kier molecular flexibility index (Phi) is 4.72. The molecular weight excluding hydrogens is 420 g/mol. The second kappa shape index (κ2) is 8.02. The zero-order valence-electron chi connectivity index (χ0n) is 17.7. The molecule has 0 saturated carbocycles. The summed E-state index contributed by atoms with van der Waals surface area (Å²) in [5.74, 6) is 0. The molecule has 2 aromatic heterocycles. The number of nitriles is 1. The second-order valence-electron chi connectivity index (χ2n) is 8.01. The van der Waals surface area contributed by atoms with Crippen LogP contribution in [-0.2, 0) is 0 Å². The lowest BCUT2D eigenvalue weighted by molar-refractivity contribution is 1.31. The first kappa shape index (κ1) is 19.4. The van der Waals surface area contributed by atoms with E-state index in [2.05, 4.69) is 102 Å². The number of nitrogens with zero attached hydrogens (tertiary/aromatic N) is 2. The highest BCUT2D eigenvalue weighted by Crippen LogP contribution is 2.38. The fourth-order valence-electron chi connectivity index (χ4n) is 4.26. The standard InChI is InChI=1S/C30H18N2S/c31-19-20-14-15-32-28(16-20)23-8-6-22(7-9-23)25-11-13-27-26-12-10-24(21-4-2-1-3-5-21)17-29(26)33-30(27)18-25/h1-18H. The number of benzene rings is 4. The van der Waals surface area contributed by atoms with E-state index >= 15 is 0 Å². The molecule has 33 heavy (non-hydrogen) atoms. The van der Waals surface area contributed by atoms with Gasteiger partial charge in [0, 0.05) is 31.9 Å². The van der Waals surface area contributed by atoms with Crippen molar-refractivity contribution in [2.75, 3.05) is 0 Å². The van der Waals surface area contributed by atoms with Gasteiger partial charge in [-0.1, -0.05) is 78.9 Å². The van der Waals surface area contributed by atoms with Crippen LogP contribution in [0.25, 0.3) is 53.7 Å². The minimum absolute atomic E-state index is 0.620. The molecule has 4 aromatic carbocycles. The van der Waals surface area contributed by atoms with E-state index in [0.717, 1.165) is 11.3 Å². The maximum atomic E-state index is 9.14. The van der Waals surface area contributed by atoms with Crippen LogP contribution in [0.15, 0.2) is 109 Å². The first-order valence-electron chi connectivity index (χ1n) is 10.8. The summed E-state index contributed by atoms with van der Waals surface area (Å²) in [6.07, 6.45) is 1.68. The van der Waals surface area contributed by atoms with Gasteiger partial charge in [0.25, 0.3) is 0 Å². The monoisotopic (exact) mass is 438 g/mol. The van der Waals surface area contributed by atoms with Crippen LogP contribution in [0.5, 0.6) is 0 Å². The number of aromatic nitrogens is 1. The molecule has 0 aliphatic heterocycles. The van der Waals surface area contributed by atoms with Crippen molar-refractivity contribution >= 4 is 31.5 Å². The van der Waals surface area contributed by atoms with Gasteiger partial charge in [-0.3, -0.25) is 4.98 Å². The number of fused-ring (bicyclic) bond motifs is 3. The molecule has 0 unspecified atom stereocenters. The highest BCUT2D eigenvalue weighted by Gasteiger charge is 2.09. The van der Waals surface area contributed by atoms with Gasteiger partial charge in [-0.2, -0.15) is 5.26 Å². The van der Waals surface area contributed by atoms with Crippen LogP contribution >= 0.6 is 11.3 Å². The van der Waals surface area contributed by atoms with Crippen molar-refractivity contribution in [3.8, 4) is 39.6 Å². The second-order valence-corrected chi connectivity index (χ2v) is 9.09. The Morgan fingerprint density at radius 1 is 0.576 bits per heavy atom. The van der Waals surface area contributed by atoms with Crippen molar-refractivity contribution in [3.05, 3.63) is 115 Å².